The maximum Gasteiger partial charge on any atom is 0.107 e. The predicted octanol–water partition coefficient (Wildman–Crippen LogP) is 4.24. The number of benzene rings is 1. The van der Waals surface area contributed by atoms with Gasteiger partial charge in [-0.25, -0.2) is 0 Å². The first kappa shape index (κ1) is 14.8. The molecule has 1 aliphatic rings. The van der Waals surface area contributed by atoms with E-state index in [0.29, 0.717) is 11.0 Å². The van der Waals surface area contributed by atoms with Crippen LogP contribution in [0.15, 0.2) is 22.7 Å². The first-order chi connectivity index (χ1) is 9.15. The molecule has 1 aromatic rings. The molecule has 2 rings (SSSR count). The lowest BCUT2D eigenvalue weighted by Crippen LogP contribution is -2.38. The summed E-state index contributed by atoms with van der Waals surface area (Å²) >= 11 is 8.80. The fourth-order valence-electron chi connectivity index (χ4n) is 3.01. The summed E-state index contributed by atoms with van der Waals surface area (Å²) in [7, 11) is 0. The molecule has 19 heavy (non-hydrogen) atoms. The lowest BCUT2D eigenvalue weighted by molar-refractivity contribution is 0.418. The SMILES string of the molecule is CCN(c1cccc(Br)c1C(N)=S)C1CCCCC1. The normalized spacial score (nSPS) is 16.3. The summed E-state index contributed by atoms with van der Waals surface area (Å²) in [6.07, 6.45) is 6.58. The minimum atomic E-state index is 0.469. The molecule has 1 fully saturated rings. The Hall–Kier alpha value is -0.610. The molecule has 0 saturated heterocycles. The minimum absolute atomic E-state index is 0.469. The van der Waals surface area contributed by atoms with E-state index in [1.165, 1.54) is 37.8 Å². The quantitative estimate of drug-likeness (QED) is 0.831. The molecule has 2 N–H and O–H groups in total. The van der Waals surface area contributed by atoms with Crippen molar-refractivity contribution >= 4 is 38.8 Å². The Labute approximate surface area is 129 Å². The van der Waals surface area contributed by atoms with Crippen LogP contribution in [-0.2, 0) is 0 Å². The van der Waals surface area contributed by atoms with Crippen molar-refractivity contribution in [2.45, 2.75) is 45.1 Å². The van der Waals surface area contributed by atoms with Gasteiger partial charge in [0.1, 0.15) is 4.99 Å². The Balaban J connectivity index is 2.37. The van der Waals surface area contributed by atoms with Gasteiger partial charge in [0.2, 0.25) is 0 Å². The van der Waals surface area contributed by atoms with Crippen LogP contribution < -0.4 is 10.6 Å². The van der Waals surface area contributed by atoms with Crippen LogP contribution >= 0.6 is 28.1 Å². The zero-order chi connectivity index (χ0) is 13.8. The van der Waals surface area contributed by atoms with Gasteiger partial charge in [-0.05, 0) is 47.8 Å². The van der Waals surface area contributed by atoms with E-state index < -0.39 is 0 Å². The van der Waals surface area contributed by atoms with Crippen molar-refractivity contribution in [2.75, 3.05) is 11.4 Å². The number of anilines is 1. The van der Waals surface area contributed by atoms with Crippen LogP contribution in [0.5, 0.6) is 0 Å². The van der Waals surface area contributed by atoms with Crippen LogP contribution in [0, 0.1) is 0 Å². The molecule has 0 aliphatic heterocycles. The second-order valence-corrected chi connectivity index (χ2v) is 6.37. The summed E-state index contributed by atoms with van der Waals surface area (Å²) in [5, 5.41) is 0. The number of hydrogen-bond donors (Lipinski definition) is 1. The summed E-state index contributed by atoms with van der Waals surface area (Å²) in [6, 6.07) is 6.83. The van der Waals surface area contributed by atoms with Crippen LogP contribution in [0.4, 0.5) is 5.69 Å². The monoisotopic (exact) mass is 340 g/mol. The van der Waals surface area contributed by atoms with Crippen molar-refractivity contribution in [1.82, 2.24) is 0 Å². The van der Waals surface area contributed by atoms with Crippen molar-refractivity contribution in [3.8, 4) is 0 Å². The van der Waals surface area contributed by atoms with Crippen molar-refractivity contribution in [3.05, 3.63) is 28.2 Å². The van der Waals surface area contributed by atoms with Gasteiger partial charge < -0.3 is 10.6 Å². The number of nitrogens with two attached hydrogens (primary N) is 1. The molecule has 0 heterocycles. The van der Waals surface area contributed by atoms with E-state index in [0.717, 1.165) is 16.6 Å². The Morgan fingerprint density at radius 1 is 1.37 bits per heavy atom. The van der Waals surface area contributed by atoms with Crippen molar-refractivity contribution < 1.29 is 0 Å². The third kappa shape index (κ3) is 3.29. The number of thiocarbonyl (C=S) groups is 1. The third-order valence-corrected chi connectivity index (χ3v) is 4.77. The van der Waals surface area contributed by atoms with E-state index >= 15 is 0 Å². The van der Waals surface area contributed by atoms with E-state index in [1.807, 2.05) is 6.07 Å². The van der Waals surface area contributed by atoms with Crippen LogP contribution in [0.2, 0.25) is 0 Å². The third-order valence-electron chi connectivity index (χ3n) is 3.90. The molecule has 0 aromatic heterocycles. The second kappa shape index (κ2) is 6.71. The van der Waals surface area contributed by atoms with Gasteiger partial charge in [0.05, 0.1) is 0 Å². The number of hydrogen-bond acceptors (Lipinski definition) is 2. The van der Waals surface area contributed by atoms with Crippen molar-refractivity contribution in [3.63, 3.8) is 0 Å². The van der Waals surface area contributed by atoms with Gasteiger partial charge in [0.15, 0.2) is 0 Å². The van der Waals surface area contributed by atoms with Gasteiger partial charge in [-0.1, -0.05) is 37.5 Å². The van der Waals surface area contributed by atoms with E-state index in [2.05, 4.69) is 39.9 Å². The standard InChI is InChI=1S/C15H21BrN2S/c1-2-18(11-7-4-3-5-8-11)13-10-6-9-12(16)14(13)15(17)19/h6,9-11H,2-5,7-8H2,1H3,(H2,17,19). The molecule has 0 bridgehead atoms. The molecule has 4 heteroatoms. The Kier molecular flexibility index (Phi) is 5.22. The highest BCUT2D eigenvalue weighted by atomic mass is 79.9. The van der Waals surface area contributed by atoms with Gasteiger partial charge in [-0.15, -0.1) is 0 Å². The van der Waals surface area contributed by atoms with Crippen LogP contribution in [-0.4, -0.2) is 17.6 Å². The first-order valence-electron chi connectivity index (χ1n) is 7.00. The highest BCUT2D eigenvalue weighted by molar-refractivity contribution is 9.10. The lowest BCUT2D eigenvalue weighted by Gasteiger charge is -2.36. The first-order valence-corrected chi connectivity index (χ1v) is 8.20. The lowest BCUT2D eigenvalue weighted by atomic mass is 9.93. The fourth-order valence-corrected chi connectivity index (χ4v) is 3.93. The van der Waals surface area contributed by atoms with E-state index in [4.69, 9.17) is 18.0 Å². The zero-order valence-electron chi connectivity index (χ0n) is 11.4. The molecule has 104 valence electrons. The zero-order valence-corrected chi connectivity index (χ0v) is 13.8. The molecule has 1 aromatic carbocycles. The molecule has 0 unspecified atom stereocenters. The average molecular weight is 341 g/mol. The van der Waals surface area contributed by atoms with E-state index in [1.54, 1.807) is 0 Å². The largest absolute Gasteiger partial charge is 0.389 e. The molecule has 0 spiro atoms. The number of rotatable bonds is 4. The molecule has 0 amide bonds. The molecule has 0 atom stereocenters. The fraction of sp³-hybridized carbons (Fsp3) is 0.533. The Morgan fingerprint density at radius 2 is 2.05 bits per heavy atom. The number of nitrogens with zero attached hydrogens (tertiary/aromatic N) is 1. The van der Waals surface area contributed by atoms with Gasteiger partial charge in [0, 0.05) is 28.3 Å². The maximum absolute atomic E-state index is 5.91. The molecule has 0 radical (unpaired) electrons. The molecule has 2 nitrogen and oxygen atoms in total. The second-order valence-electron chi connectivity index (χ2n) is 5.08. The topological polar surface area (TPSA) is 29.3 Å². The van der Waals surface area contributed by atoms with Gasteiger partial charge >= 0.3 is 0 Å². The number of halogens is 1. The van der Waals surface area contributed by atoms with Crippen LogP contribution in [0.3, 0.4) is 0 Å². The highest BCUT2D eigenvalue weighted by Gasteiger charge is 2.23. The van der Waals surface area contributed by atoms with E-state index in [-0.39, 0.29) is 0 Å². The maximum atomic E-state index is 5.91. The van der Waals surface area contributed by atoms with Crippen LogP contribution in [0.1, 0.15) is 44.6 Å². The highest BCUT2D eigenvalue weighted by Crippen LogP contribution is 2.32. The Bertz CT molecular complexity index is 455. The predicted molar refractivity (Wildman–Crippen MR) is 89.9 cm³/mol. The smallest absolute Gasteiger partial charge is 0.107 e. The van der Waals surface area contributed by atoms with Gasteiger partial charge in [0.25, 0.3) is 0 Å². The van der Waals surface area contributed by atoms with Crippen LogP contribution in [0.25, 0.3) is 0 Å². The minimum Gasteiger partial charge on any atom is -0.389 e. The summed E-state index contributed by atoms with van der Waals surface area (Å²) in [4.78, 5) is 2.94. The summed E-state index contributed by atoms with van der Waals surface area (Å²) in [5.74, 6) is 0. The van der Waals surface area contributed by atoms with Crippen molar-refractivity contribution in [2.24, 2.45) is 5.73 Å². The van der Waals surface area contributed by atoms with Gasteiger partial charge in [-0.2, -0.15) is 0 Å². The van der Waals surface area contributed by atoms with E-state index in [9.17, 15) is 0 Å². The van der Waals surface area contributed by atoms with Crippen molar-refractivity contribution in [1.29, 1.82) is 0 Å². The summed E-state index contributed by atoms with van der Waals surface area (Å²) < 4.78 is 0.992. The molecular formula is C15H21BrN2S. The molecular weight excluding hydrogens is 320 g/mol. The average Bonchev–Trinajstić information content (AvgIpc) is 2.40. The Morgan fingerprint density at radius 3 is 2.63 bits per heavy atom. The summed E-state index contributed by atoms with van der Waals surface area (Å²) in [6.45, 7) is 3.20. The molecule has 1 aliphatic carbocycles. The summed E-state index contributed by atoms with van der Waals surface area (Å²) in [5.41, 5.74) is 8.07. The van der Waals surface area contributed by atoms with Gasteiger partial charge in [-0.3, -0.25) is 0 Å². The molecule has 1 saturated carbocycles.